The molecular weight excluding hydrogens is 364 g/mol. The number of furan rings is 1. The van der Waals surface area contributed by atoms with Crippen LogP contribution in [0.4, 0.5) is 0 Å². The minimum Gasteiger partial charge on any atom is -0.464 e. The third-order valence-electron chi connectivity index (χ3n) is 5.37. The van der Waals surface area contributed by atoms with Gasteiger partial charge in [0.2, 0.25) is 11.8 Å². The number of hydrogen-bond donors (Lipinski definition) is 0. The highest BCUT2D eigenvalue weighted by molar-refractivity contribution is 5.85. The minimum absolute atomic E-state index is 0.00765. The van der Waals surface area contributed by atoms with E-state index >= 15 is 0 Å². The SMILES string of the molecule is CCCCC(=O)N(CC(=O)N(CCc1ccccc1)Cc1ccc(C)o1)C1CC1. The van der Waals surface area contributed by atoms with Crippen molar-refractivity contribution in [2.75, 3.05) is 13.1 Å². The molecule has 1 aliphatic rings. The number of unbranched alkanes of at least 4 members (excludes halogenated alkanes) is 1. The van der Waals surface area contributed by atoms with Crippen molar-refractivity contribution in [3.05, 3.63) is 59.5 Å². The van der Waals surface area contributed by atoms with Crippen molar-refractivity contribution in [1.82, 2.24) is 9.80 Å². The van der Waals surface area contributed by atoms with Crippen LogP contribution in [-0.4, -0.2) is 40.7 Å². The summed E-state index contributed by atoms with van der Waals surface area (Å²) in [5, 5.41) is 0. The molecule has 5 nitrogen and oxygen atoms in total. The lowest BCUT2D eigenvalue weighted by Gasteiger charge is -2.27. The minimum atomic E-state index is -0.00765. The smallest absolute Gasteiger partial charge is 0.242 e. The molecule has 0 N–H and O–H groups in total. The summed E-state index contributed by atoms with van der Waals surface area (Å²) in [6, 6.07) is 14.2. The molecule has 0 radical (unpaired) electrons. The number of rotatable bonds is 11. The molecule has 0 atom stereocenters. The van der Waals surface area contributed by atoms with Crippen molar-refractivity contribution in [1.29, 1.82) is 0 Å². The largest absolute Gasteiger partial charge is 0.464 e. The van der Waals surface area contributed by atoms with E-state index in [4.69, 9.17) is 4.42 Å². The van der Waals surface area contributed by atoms with Gasteiger partial charge in [0.05, 0.1) is 6.54 Å². The average Bonchev–Trinajstić information content (AvgIpc) is 3.49. The van der Waals surface area contributed by atoms with Crippen molar-refractivity contribution >= 4 is 11.8 Å². The standard InChI is InChI=1S/C24H32N2O3/c1-3-4-10-23(27)26(21-12-13-21)18-24(28)25(17-22-14-11-19(2)29-22)16-15-20-8-6-5-7-9-20/h5-9,11,14,21H,3-4,10,12-13,15-18H2,1-2H3. The fraction of sp³-hybridized carbons (Fsp3) is 0.500. The van der Waals surface area contributed by atoms with Gasteiger partial charge >= 0.3 is 0 Å². The first-order chi connectivity index (χ1) is 14.1. The summed E-state index contributed by atoms with van der Waals surface area (Å²) in [5.41, 5.74) is 1.19. The quantitative estimate of drug-likeness (QED) is 0.568. The van der Waals surface area contributed by atoms with Gasteiger partial charge in [-0.2, -0.15) is 0 Å². The molecule has 1 aromatic carbocycles. The van der Waals surface area contributed by atoms with E-state index in [1.54, 1.807) is 4.90 Å². The molecule has 0 saturated heterocycles. The summed E-state index contributed by atoms with van der Waals surface area (Å²) < 4.78 is 5.71. The third-order valence-corrected chi connectivity index (χ3v) is 5.37. The monoisotopic (exact) mass is 396 g/mol. The zero-order valence-electron chi connectivity index (χ0n) is 17.6. The molecule has 1 aliphatic carbocycles. The third kappa shape index (κ3) is 6.48. The normalized spacial score (nSPS) is 13.3. The number of amides is 2. The summed E-state index contributed by atoms with van der Waals surface area (Å²) in [5.74, 6) is 1.72. The molecule has 1 fully saturated rings. The molecule has 2 amide bonds. The molecule has 1 saturated carbocycles. The van der Waals surface area contributed by atoms with Crippen molar-refractivity contribution < 1.29 is 14.0 Å². The van der Waals surface area contributed by atoms with Crippen LogP contribution in [0.3, 0.4) is 0 Å². The molecule has 0 aliphatic heterocycles. The maximum absolute atomic E-state index is 13.2. The second-order valence-corrected chi connectivity index (χ2v) is 7.92. The van der Waals surface area contributed by atoms with Crippen LogP contribution in [0, 0.1) is 6.92 Å². The van der Waals surface area contributed by atoms with E-state index in [2.05, 4.69) is 19.1 Å². The Labute approximate surface area is 173 Å². The summed E-state index contributed by atoms with van der Waals surface area (Å²) in [6.45, 7) is 5.19. The Morgan fingerprint density at radius 3 is 2.45 bits per heavy atom. The number of hydrogen-bond acceptors (Lipinski definition) is 3. The van der Waals surface area contributed by atoms with Gasteiger partial charge < -0.3 is 14.2 Å². The predicted molar refractivity (Wildman–Crippen MR) is 113 cm³/mol. The van der Waals surface area contributed by atoms with Crippen LogP contribution in [0.5, 0.6) is 0 Å². The number of nitrogens with zero attached hydrogens (tertiary/aromatic N) is 2. The number of carbonyl (C=O) groups excluding carboxylic acids is 2. The van der Waals surface area contributed by atoms with E-state index in [1.165, 1.54) is 5.56 Å². The van der Waals surface area contributed by atoms with Crippen LogP contribution in [-0.2, 0) is 22.6 Å². The van der Waals surface area contributed by atoms with Crippen molar-refractivity contribution in [3.8, 4) is 0 Å². The van der Waals surface area contributed by atoms with Gasteiger partial charge in [-0.3, -0.25) is 9.59 Å². The van der Waals surface area contributed by atoms with E-state index in [-0.39, 0.29) is 24.4 Å². The molecule has 1 heterocycles. The van der Waals surface area contributed by atoms with Crippen LogP contribution in [0.25, 0.3) is 0 Å². The van der Waals surface area contributed by atoms with Crippen LogP contribution in [0.1, 0.15) is 56.1 Å². The second-order valence-electron chi connectivity index (χ2n) is 7.92. The molecule has 0 spiro atoms. The first-order valence-electron chi connectivity index (χ1n) is 10.7. The zero-order valence-corrected chi connectivity index (χ0v) is 17.6. The molecule has 156 valence electrons. The molecule has 5 heteroatoms. The highest BCUT2D eigenvalue weighted by Crippen LogP contribution is 2.28. The number of aryl methyl sites for hydroxylation is 1. The molecule has 29 heavy (non-hydrogen) atoms. The Hall–Kier alpha value is -2.56. The van der Waals surface area contributed by atoms with Crippen LogP contribution in [0.15, 0.2) is 46.9 Å². The molecule has 0 bridgehead atoms. The van der Waals surface area contributed by atoms with E-state index < -0.39 is 0 Å². The molecule has 2 aromatic rings. The van der Waals surface area contributed by atoms with E-state index in [0.717, 1.165) is 43.6 Å². The van der Waals surface area contributed by atoms with Gasteiger partial charge in [0, 0.05) is 19.0 Å². The predicted octanol–water partition coefficient (Wildman–Crippen LogP) is 4.34. The highest BCUT2D eigenvalue weighted by Gasteiger charge is 2.34. The first-order valence-corrected chi connectivity index (χ1v) is 10.7. The molecule has 0 unspecified atom stereocenters. The fourth-order valence-corrected chi connectivity index (χ4v) is 3.48. The van der Waals surface area contributed by atoms with Crippen LogP contribution < -0.4 is 0 Å². The van der Waals surface area contributed by atoms with Crippen LogP contribution in [0.2, 0.25) is 0 Å². The Bertz CT molecular complexity index is 795. The van der Waals surface area contributed by atoms with Gasteiger partial charge in [-0.15, -0.1) is 0 Å². The zero-order chi connectivity index (χ0) is 20.6. The fourth-order valence-electron chi connectivity index (χ4n) is 3.48. The topological polar surface area (TPSA) is 53.8 Å². The van der Waals surface area contributed by atoms with E-state index in [0.29, 0.717) is 19.5 Å². The molecule has 3 rings (SSSR count). The Kier molecular flexibility index (Phi) is 7.50. The van der Waals surface area contributed by atoms with Gasteiger partial charge in [0.15, 0.2) is 0 Å². The highest BCUT2D eigenvalue weighted by atomic mass is 16.3. The van der Waals surface area contributed by atoms with Crippen LogP contribution >= 0.6 is 0 Å². The van der Waals surface area contributed by atoms with Gasteiger partial charge in [-0.25, -0.2) is 0 Å². The van der Waals surface area contributed by atoms with E-state index in [9.17, 15) is 9.59 Å². The Morgan fingerprint density at radius 2 is 1.83 bits per heavy atom. The summed E-state index contributed by atoms with van der Waals surface area (Å²) in [6.07, 6.45) is 5.18. The lowest BCUT2D eigenvalue weighted by atomic mass is 10.1. The summed E-state index contributed by atoms with van der Waals surface area (Å²) in [7, 11) is 0. The van der Waals surface area contributed by atoms with E-state index in [1.807, 2.05) is 42.2 Å². The maximum Gasteiger partial charge on any atom is 0.242 e. The lowest BCUT2D eigenvalue weighted by Crippen LogP contribution is -2.44. The second kappa shape index (κ2) is 10.3. The molecular formula is C24H32N2O3. The average molecular weight is 397 g/mol. The summed E-state index contributed by atoms with van der Waals surface area (Å²) >= 11 is 0. The molecule has 1 aromatic heterocycles. The number of benzene rings is 1. The summed E-state index contributed by atoms with van der Waals surface area (Å²) in [4.78, 5) is 29.4. The first kappa shape index (κ1) is 21.2. The van der Waals surface area contributed by atoms with Crippen molar-refractivity contribution in [3.63, 3.8) is 0 Å². The Morgan fingerprint density at radius 1 is 1.07 bits per heavy atom. The number of carbonyl (C=O) groups is 2. The van der Waals surface area contributed by atoms with Gasteiger partial charge in [0.1, 0.15) is 18.1 Å². The maximum atomic E-state index is 13.2. The van der Waals surface area contributed by atoms with Crippen molar-refractivity contribution in [2.24, 2.45) is 0 Å². The van der Waals surface area contributed by atoms with Crippen molar-refractivity contribution in [2.45, 2.75) is 65.0 Å². The Balaban J connectivity index is 1.67. The lowest BCUT2D eigenvalue weighted by molar-refractivity contribution is -0.141. The van der Waals surface area contributed by atoms with Gasteiger partial charge in [-0.05, 0) is 50.3 Å². The van der Waals surface area contributed by atoms with Gasteiger partial charge in [0.25, 0.3) is 0 Å². The van der Waals surface area contributed by atoms with Gasteiger partial charge in [-0.1, -0.05) is 43.7 Å².